The molecular formula is C16H18N4O2. The molecule has 0 aliphatic carbocycles. The summed E-state index contributed by atoms with van der Waals surface area (Å²) in [7, 11) is 0. The molecule has 0 spiro atoms. The number of carboxylic acid groups (broad SMARTS) is 1. The Morgan fingerprint density at radius 1 is 1.32 bits per heavy atom. The molecule has 0 aromatic carbocycles. The smallest absolute Gasteiger partial charge is 0.341 e. The number of hydrogen-bond donors (Lipinski definition) is 1. The normalized spacial score (nSPS) is 18.2. The van der Waals surface area contributed by atoms with E-state index in [-0.39, 0.29) is 11.6 Å². The van der Waals surface area contributed by atoms with Crippen LogP contribution in [-0.4, -0.2) is 38.6 Å². The fourth-order valence-electron chi connectivity index (χ4n) is 2.77. The average Bonchev–Trinajstić information content (AvgIpc) is 2.55. The zero-order valence-electron chi connectivity index (χ0n) is 12.4. The summed E-state index contributed by atoms with van der Waals surface area (Å²) in [6.45, 7) is 2.92. The van der Waals surface area contributed by atoms with Gasteiger partial charge >= 0.3 is 5.97 Å². The molecule has 0 radical (unpaired) electrons. The first kappa shape index (κ1) is 14.4. The number of carboxylic acids is 1. The van der Waals surface area contributed by atoms with Crippen molar-refractivity contribution in [1.82, 2.24) is 15.0 Å². The van der Waals surface area contributed by atoms with Gasteiger partial charge in [-0.1, -0.05) is 6.07 Å². The van der Waals surface area contributed by atoms with Gasteiger partial charge < -0.3 is 10.0 Å². The summed E-state index contributed by atoms with van der Waals surface area (Å²) in [5.41, 5.74) is 0.791. The van der Waals surface area contributed by atoms with Gasteiger partial charge in [0.1, 0.15) is 17.1 Å². The van der Waals surface area contributed by atoms with Gasteiger partial charge in [-0.15, -0.1) is 0 Å². The number of aromatic nitrogens is 3. The van der Waals surface area contributed by atoms with E-state index in [1.54, 1.807) is 6.20 Å². The molecule has 1 N–H and O–H groups in total. The SMILES string of the molecule is CC1CCCCN1c1nc(-c2ccccn2)ncc1C(=O)O. The van der Waals surface area contributed by atoms with Gasteiger partial charge in [0.15, 0.2) is 5.82 Å². The number of carbonyl (C=O) groups is 1. The predicted molar refractivity (Wildman–Crippen MR) is 82.9 cm³/mol. The molecule has 1 saturated heterocycles. The maximum Gasteiger partial charge on any atom is 0.341 e. The molecule has 1 unspecified atom stereocenters. The summed E-state index contributed by atoms with van der Waals surface area (Å²) >= 11 is 0. The number of pyridine rings is 1. The van der Waals surface area contributed by atoms with E-state index in [2.05, 4.69) is 26.8 Å². The molecule has 0 amide bonds. The standard InChI is InChI=1S/C16H18N4O2/c1-11-6-3-5-9-20(11)15-12(16(21)22)10-18-14(19-15)13-7-2-4-8-17-13/h2,4,7-8,10-11H,3,5-6,9H2,1H3,(H,21,22). The number of nitrogens with zero attached hydrogens (tertiary/aromatic N) is 4. The van der Waals surface area contributed by atoms with Crippen molar-refractivity contribution in [3.05, 3.63) is 36.2 Å². The Balaban J connectivity index is 2.07. The average molecular weight is 298 g/mol. The Labute approximate surface area is 128 Å². The second-order valence-electron chi connectivity index (χ2n) is 5.49. The van der Waals surface area contributed by atoms with Crippen LogP contribution in [0, 0.1) is 0 Å². The lowest BCUT2D eigenvalue weighted by Crippen LogP contribution is -2.39. The van der Waals surface area contributed by atoms with Gasteiger partial charge in [-0.25, -0.2) is 14.8 Å². The van der Waals surface area contributed by atoms with E-state index in [0.717, 1.165) is 25.8 Å². The van der Waals surface area contributed by atoms with Gasteiger partial charge in [0.05, 0.1) is 0 Å². The third kappa shape index (κ3) is 2.77. The molecule has 6 nitrogen and oxygen atoms in total. The summed E-state index contributed by atoms with van der Waals surface area (Å²) in [6.07, 6.45) is 6.32. The Hall–Kier alpha value is -2.50. The van der Waals surface area contributed by atoms with E-state index in [1.807, 2.05) is 18.2 Å². The number of piperidine rings is 1. The van der Waals surface area contributed by atoms with E-state index in [0.29, 0.717) is 17.3 Å². The lowest BCUT2D eigenvalue weighted by atomic mass is 10.0. The highest BCUT2D eigenvalue weighted by molar-refractivity contribution is 5.93. The molecule has 1 aliphatic heterocycles. The summed E-state index contributed by atoms with van der Waals surface area (Å²) in [5.74, 6) is -0.0472. The third-order valence-electron chi connectivity index (χ3n) is 3.97. The highest BCUT2D eigenvalue weighted by Crippen LogP contribution is 2.27. The molecule has 1 aliphatic rings. The molecule has 2 aromatic heterocycles. The molecule has 6 heteroatoms. The van der Waals surface area contributed by atoms with Crippen LogP contribution >= 0.6 is 0 Å². The van der Waals surface area contributed by atoms with E-state index < -0.39 is 5.97 Å². The molecule has 22 heavy (non-hydrogen) atoms. The van der Waals surface area contributed by atoms with Gasteiger partial charge in [0, 0.05) is 25.0 Å². The maximum atomic E-state index is 11.5. The number of rotatable bonds is 3. The van der Waals surface area contributed by atoms with Crippen LogP contribution in [0.15, 0.2) is 30.6 Å². The monoisotopic (exact) mass is 298 g/mol. The first-order valence-corrected chi connectivity index (χ1v) is 7.45. The molecule has 3 heterocycles. The van der Waals surface area contributed by atoms with Crippen LogP contribution in [0.3, 0.4) is 0 Å². The molecular weight excluding hydrogens is 280 g/mol. The van der Waals surface area contributed by atoms with Crippen molar-refractivity contribution in [3.63, 3.8) is 0 Å². The fourth-order valence-corrected chi connectivity index (χ4v) is 2.77. The lowest BCUT2D eigenvalue weighted by molar-refractivity contribution is 0.0696. The Morgan fingerprint density at radius 3 is 2.86 bits per heavy atom. The summed E-state index contributed by atoms with van der Waals surface area (Å²) in [6, 6.07) is 5.78. The summed E-state index contributed by atoms with van der Waals surface area (Å²) in [4.78, 5) is 26.5. The van der Waals surface area contributed by atoms with Crippen molar-refractivity contribution in [1.29, 1.82) is 0 Å². The van der Waals surface area contributed by atoms with Crippen molar-refractivity contribution in [2.75, 3.05) is 11.4 Å². The molecule has 0 bridgehead atoms. The van der Waals surface area contributed by atoms with Gasteiger partial charge in [0.25, 0.3) is 0 Å². The molecule has 2 aromatic rings. The first-order valence-electron chi connectivity index (χ1n) is 7.45. The largest absolute Gasteiger partial charge is 0.477 e. The van der Waals surface area contributed by atoms with Crippen molar-refractivity contribution >= 4 is 11.8 Å². The minimum Gasteiger partial charge on any atom is -0.477 e. The van der Waals surface area contributed by atoms with Crippen LogP contribution in [-0.2, 0) is 0 Å². The van der Waals surface area contributed by atoms with Gasteiger partial charge in [-0.2, -0.15) is 0 Å². The second-order valence-corrected chi connectivity index (χ2v) is 5.49. The van der Waals surface area contributed by atoms with Crippen LogP contribution in [0.5, 0.6) is 0 Å². The van der Waals surface area contributed by atoms with Crippen molar-refractivity contribution in [2.45, 2.75) is 32.2 Å². The van der Waals surface area contributed by atoms with E-state index in [4.69, 9.17) is 0 Å². The third-order valence-corrected chi connectivity index (χ3v) is 3.97. The number of anilines is 1. The highest BCUT2D eigenvalue weighted by Gasteiger charge is 2.25. The van der Waals surface area contributed by atoms with Crippen molar-refractivity contribution in [3.8, 4) is 11.5 Å². The van der Waals surface area contributed by atoms with Gasteiger partial charge in [-0.05, 0) is 38.3 Å². The molecule has 1 fully saturated rings. The van der Waals surface area contributed by atoms with Crippen molar-refractivity contribution < 1.29 is 9.90 Å². The minimum absolute atomic E-state index is 0.147. The topological polar surface area (TPSA) is 79.2 Å². The van der Waals surface area contributed by atoms with E-state index >= 15 is 0 Å². The predicted octanol–water partition coefficient (Wildman–Crippen LogP) is 2.62. The van der Waals surface area contributed by atoms with Gasteiger partial charge in [0.2, 0.25) is 0 Å². The van der Waals surface area contributed by atoms with E-state index in [9.17, 15) is 9.90 Å². The highest BCUT2D eigenvalue weighted by atomic mass is 16.4. The maximum absolute atomic E-state index is 11.5. The Kier molecular flexibility index (Phi) is 4.00. The zero-order valence-corrected chi connectivity index (χ0v) is 12.4. The second kappa shape index (κ2) is 6.09. The van der Waals surface area contributed by atoms with Gasteiger partial charge in [-0.3, -0.25) is 4.98 Å². The quantitative estimate of drug-likeness (QED) is 0.938. The van der Waals surface area contributed by atoms with Crippen LogP contribution in [0.2, 0.25) is 0 Å². The molecule has 0 saturated carbocycles. The molecule has 1 atom stereocenters. The number of hydrogen-bond acceptors (Lipinski definition) is 5. The van der Waals surface area contributed by atoms with Crippen LogP contribution in [0.4, 0.5) is 5.82 Å². The minimum atomic E-state index is -1.000. The van der Waals surface area contributed by atoms with Crippen molar-refractivity contribution in [2.24, 2.45) is 0 Å². The number of aromatic carboxylic acids is 1. The zero-order chi connectivity index (χ0) is 15.5. The van der Waals surface area contributed by atoms with Crippen LogP contribution < -0.4 is 4.90 Å². The van der Waals surface area contributed by atoms with E-state index in [1.165, 1.54) is 6.20 Å². The fraction of sp³-hybridized carbons (Fsp3) is 0.375. The first-order chi connectivity index (χ1) is 10.7. The molecule has 114 valence electrons. The Morgan fingerprint density at radius 2 is 2.18 bits per heavy atom. The molecule has 3 rings (SSSR count). The Bertz CT molecular complexity index is 675. The summed E-state index contributed by atoms with van der Waals surface area (Å²) in [5, 5.41) is 9.42. The lowest BCUT2D eigenvalue weighted by Gasteiger charge is -2.35. The summed E-state index contributed by atoms with van der Waals surface area (Å²) < 4.78 is 0. The van der Waals surface area contributed by atoms with Crippen LogP contribution in [0.25, 0.3) is 11.5 Å². The van der Waals surface area contributed by atoms with Crippen LogP contribution in [0.1, 0.15) is 36.5 Å².